The van der Waals surface area contributed by atoms with Crippen molar-refractivity contribution in [2.75, 3.05) is 13.2 Å². The lowest BCUT2D eigenvalue weighted by Gasteiger charge is -2.15. The summed E-state index contributed by atoms with van der Waals surface area (Å²) >= 11 is 9.83. The zero-order chi connectivity index (χ0) is 23.5. The standard InChI is InChI=1S/C22H20BrNO5S3/c1-4-10-24-21(25)19(31-22(24)30)13-15-11-17(23)20(18(12-15)28-5-2)29-32(26,27)16-8-6-14(3)7-9-16/h4,6-9,11-13H,1,5,10H2,2-3H3. The maximum Gasteiger partial charge on any atom is 0.339 e. The van der Waals surface area contributed by atoms with Crippen molar-refractivity contribution in [3.63, 3.8) is 0 Å². The largest absolute Gasteiger partial charge is 0.490 e. The Bertz CT molecular complexity index is 1210. The van der Waals surface area contributed by atoms with Crippen molar-refractivity contribution in [1.82, 2.24) is 4.90 Å². The Morgan fingerprint density at radius 2 is 1.94 bits per heavy atom. The van der Waals surface area contributed by atoms with E-state index in [0.717, 1.165) is 5.56 Å². The van der Waals surface area contributed by atoms with Crippen LogP contribution in [0.15, 0.2) is 63.3 Å². The average Bonchev–Trinajstić information content (AvgIpc) is 2.99. The lowest BCUT2D eigenvalue weighted by molar-refractivity contribution is -0.121. The van der Waals surface area contributed by atoms with Gasteiger partial charge in [0.1, 0.15) is 9.22 Å². The van der Waals surface area contributed by atoms with E-state index in [9.17, 15) is 13.2 Å². The van der Waals surface area contributed by atoms with Gasteiger partial charge < -0.3 is 8.92 Å². The molecule has 32 heavy (non-hydrogen) atoms. The van der Waals surface area contributed by atoms with Crippen molar-refractivity contribution in [3.05, 3.63) is 69.6 Å². The van der Waals surface area contributed by atoms with Crippen LogP contribution in [-0.2, 0) is 14.9 Å². The molecule has 2 aromatic rings. The van der Waals surface area contributed by atoms with Crippen molar-refractivity contribution in [2.24, 2.45) is 0 Å². The molecule has 0 bridgehead atoms. The van der Waals surface area contributed by atoms with Crippen LogP contribution < -0.4 is 8.92 Å². The number of thioether (sulfide) groups is 1. The second-order valence-electron chi connectivity index (χ2n) is 6.69. The first-order valence-electron chi connectivity index (χ1n) is 9.50. The number of carbonyl (C=O) groups is 1. The Balaban J connectivity index is 1.97. The SMILES string of the molecule is C=CCN1C(=O)C(=Cc2cc(Br)c(OS(=O)(=O)c3ccc(C)cc3)c(OCC)c2)SC1=S. The Morgan fingerprint density at radius 1 is 1.25 bits per heavy atom. The lowest BCUT2D eigenvalue weighted by Crippen LogP contribution is -2.27. The maximum absolute atomic E-state index is 12.8. The Morgan fingerprint density at radius 3 is 2.56 bits per heavy atom. The number of amides is 1. The summed E-state index contributed by atoms with van der Waals surface area (Å²) in [5.74, 6) is 0.0467. The molecule has 0 N–H and O–H groups in total. The summed E-state index contributed by atoms with van der Waals surface area (Å²) in [4.78, 5) is 14.5. The molecule has 0 unspecified atom stereocenters. The highest BCUT2D eigenvalue weighted by Crippen LogP contribution is 2.40. The van der Waals surface area contributed by atoms with Crippen LogP contribution in [0.25, 0.3) is 6.08 Å². The van der Waals surface area contributed by atoms with E-state index in [-0.39, 0.29) is 28.9 Å². The first-order chi connectivity index (χ1) is 15.2. The summed E-state index contributed by atoms with van der Waals surface area (Å²) in [7, 11) is -4.08. The first-order valence-corrected chi connectivity index (χ1v) is 12.9. The summed E-state index contributed by atoms with van der Waals surface area (Å²) in [6.07, 6.45) is 3.28. The number of hydrogen-bond acceptors (Lipinski definition) is 7. The molecule has 0 radical (unpaired) electrons. The van der Waals surface area contributed by atoms with Crippen LogP contribution in [-0.4, -0.2) is 36.7 Å². The van der Waals surface area contributed by atoms with Crippen molar-refractivity contribution < 1.29 is 22.1 Å². The molecule has 1 fully saturated rings. The summed E-state index contributed by atoms with van der Waals surface area (Å²) in [5.41, 5.74) is 1.56. The van der Waals surface area contributed by atoms with Crippen LogP contribution in [0.3, 0.4) is 0 Å². The minimum absolute atomic E-state index is 0.0313. The predicted octanol–water partition coefficient (Wildman–Crippen LogP) is 5.31. The van der Waals surface area contributed by atoms with Crippen LogP contribution in [0.2, 0.25) is 0 Å². The number of carbonyl (C=O) groups excluding carboxylic acids is 1. The van der Waals surface area contributed by atoms with E-state index in [2.05, 4.69) is 22.5 Å². The number of hydrogen-bond donors (Lipinski definition) is 0. The quantitative estimate of drug-likeness (QED) is 0.190. The predicted molar refractivity (Wildman–Crippen MR) is 134 cm³/mol. The van der Waals surface area contributed by atoms with E-state index < -0.39 is 10.1 Å². The van der Waals surface area contributed by atoms with Gasteiger partial charge in [-0.2, -0.15) is 8.42 Å². The summed E-state index contributed by atoms with van der Waals surface area (Å²) in [6.45, 7) is 7.91. The normalized spacial score (nSPS) is 15.3. The molecule has 0 aliphatic carbocycles. The highest BCUT2D eigenvalue weighted by atomic mass is 79.9. The van der Waals surface area contributed by atoms with Gasteiger partial charge in [0.2, 0.25) is 0 Å². The average molecular weight is 555 g/mol. The zero-order valence-electron chi connectivity index (χ0n) is 17.3. The number of aryl methyl sites for hydroxylation is 1. The fraction of sp³-hybridized carbons (Fsp3) is 0.182. The highest BCUT2D eigenvalue weighted by Gasteiger charge is 2.31. The fourth-order valence-electron chi connectivity index (χ4n) is 2.82. The van der Waals surface area contributed by atoms with Gasteiger partial charge >= 0.3 is 10.1 Å². The fourth-order valence-corrected chi connectivity index (χ4v) is 5.70. The van der Waals surface area contributed by atoms with Gasteiger partial charge in [-0.05, 0) is 65.7 Å². The van der Waals surface area contributed by atoms with Gasteiger partial charge in [0, 0.05) is 6.54 Å². The molecular weight excluding hydrogens is 534 g/mol. The Hall–Kier alpha value is -2.14. The van der Waals surface area contributed by atoms with Crippen LogP contribution in [0.4, 0.5) is 0 Å². The van der Waals surface area contributed by atoms with Gasteiger partial charge in [0.25, 0.3) is 5.91 Å². The number of nitrogens with zero attached hydrogens (tertiary/aromatic N) is 1. The third-order valence-corrected chi connectivity index (χ3v) is 7.52. The molecule has 1 saturated heterocycles. The topological polar surface area (TPSA) is 72.9 Å². The Kier molecular flexibility index (Phi) is 7.81. The second-order valence-corrected chi connectivity index (χ2v) is 10.8. The number of benzene rings is 2. The van der Waals surface area contributed by atoms with E-state index in [1.807, 2.05) is 6.92 Å². The van der Waals surface area contributed by atoms with E-state index in [1.165, 1.54) is 28.8 Å². The van der Waals surface area contributed by atoms with Crippen LogP contribution >= 0.6 is 39.9 Å². The summed E-state index contributed by atoms with van der Waals surface area (Å²) < 4.78 is 37.4. The number of halogens is 1. The van der Waals surface area contributed by atoms with E-state index >= 15 is 0 Å². The molecule has 0 spiro atoms. The molecule has 1 heterocycles. The maximum atomic E-state index is 12.8. The third-order valence-electron chi connectivity index (χ3n) is 4.32. The van der Waals surface area contributed by atoms with Crippen molar-refractivity contribution in [1.29, 1.82) is 0 Å². The third kappa shape index (κ3) is 5.43. The molecule has 2 aromatic carbocycles. The molecule has 10 heteroatoms. The molecule has 1 aliphatic rings. The molecule has 6 nitrogen and oxygen atoms in total. The number of rotatable bonds is 8. The number of thiocarbonyl (C=S) groups is 1. The summed E-state index contributed by atoms with van der Waals surface area (Å²) in [5, 5.41) is 0. The summed E-state index contributed by atoms with van der Waals surface area (Å²) in [6, 6.07) is 9.63. The molecule has 0 atom stereocenters. The van der Waals surface area contributed by atoms with Gasteiger partial charge in [-0.25, -0.2) is 0 Å². The van der Waals surface area contributed by atoms with E-state index in [4.69, 9.17) is 21.1 Å². The smallest absolute Gasteiger partial charge is 0.339 e. The minimum atomic E-state index is -4.08. The molecule has 168 valence electrons. The van der Waals surface area contributed by atoms with E-state index in [0.29, 0.717) is 25.8 Å². The molecular formula is C22H20BrNO5S3. The monoisotopic (exact) mass is 553 g/mol. The van der Waals surface area contributed by atoms with Gasteiger partial charge in [-0.15, -0.1) is 6.58 Å². The van der Waals surface area contributed by atoms with Crippen molar-refractivity contribution >= 4 is 66.3 Å². The molecule has 3 rings (SSSR count). The van der Waals surface area contributed by atoms with Gasteiger partial charge in [0.05, 0.1) is 16.0 Å². The molecule has 1 aliphatic heterocycles. The molecule has 0 saturated carbocycles. The molecule has 0 aromatic heterocycles. The van der Waals surface area contributed by atoms with Gasteiger partial charge in [-0.1, -0.05) is 47.8 Å². The van der Waals surface area contributed by atoms with Gasteiger partial charge in [0.15, 0.2) is 11.5 Å². The zero-order valence-corrected chi connectivity index (χ0v) is 21.4. The Labute approximate surface area is 205 Å². The minimum Gasteiger partial charge on any atom is -0.490 e. The second kappa shape index (κ2) is 10.2. The van der Waals surface area contributed by atoms with Crippen molar-refractivity contribution in [2.45, 2.75) is 18.7 Å². The lowest BCUT2D eigenvalue weighted by atomic mass is 10.2. The number of ether oxygens (including phenoxy) is 1. The van der Waals surface area contributed by atoms with Crippen LogP contribution in [0, 0.1) is 6.92 Å². The first kappa shape index (κ1) is 24.5. The molecule has 1 amide bonds. The van der Waals surface area contributed by atoms with Gasteiger partial charge in [-0.3, -0.25) is 9.69 Å². The van der Waals surface area contributed by atoms with Crippen LogP contribution in [0.1, 0.15) is 18.1 Å². The highest BCUT2D eigenvalue weighted by molar-refractivity contribution is 9.10. The van der Waals surface area contributed by atoms with E-state index in [1.54, 1.807) is 43.3 Å². The van der Waals surface area contributed by atoms with Crippen molar-refractivity contribution in [3.8, 4) is 11.5 Å². The van der Waals surface area contributed by atoms with Crippen LogP contribution in [0.5, 0.6) is 11.5 Å².